The van der Waals surface area contributed by atoms with E-state index < -0.39 is 0 Å². The van der Waals surface area contributed by atoms with Crippen molar-refractivity contribution in [1.82, 2.24) is 15.0 Å². The number of fused-ring (bicyclic) bond motifs is 1. The van der Waals surface area contributed by atoms with E-state index in [0.717, 1.165) is 16.6 Å². The van der Waals surface area contributed by atoms with Gasteiger partial charge >= 0.3 is 5.97 Å². The molecule has 0 amide bonds. The largest absolute Gasteiger partial charge is 0.460 e. The number of carbonyl (C=O) groups is 1. The van der Waals surface area contributed by atoms with Crippen LogP contribution in [-0.4, -0.2) is 26.7 Å². The van der Waals surface area contributed by atoms with Crippen molar-refractivity contribution in [2.24, 2.45) is 0 Å². The van der Waals surface area contributed by atoms with Gasteiger partial charge in [-0.15, -0.1) is 0 Å². The third kappa shape index (κ3) is 4.40. The molecule has 3 aromatic rings. The normalized spacial score (nSPS) is 10.7. The number of nitrogens with zero attached hydrogens (tertiary/aromatic N) is 3. The first-order valence-corrected chi connectivity index (χ1v) is 8.18. The number of aromatic nitrogens is 3. The van der Waals surface area contributed by atoms with E-state index in [1.165, 1.54) is 11.8 Å². The Morgan fingerprint density at radius 2 is 1.91 bits per heavy atom. The van der Waals surface area contributed by atoms with Crippen LogP contribution in [0.1, 0.15) is 5.56 Å². The van der Waals surface area contributed by atoms with Crippen LogP contribution in [0.5, 0.6) is 0 Å². The lowest BCUT2D eigenvalue weighted by molar-refractivity contribution is -0.141. The minimum Gasteiger partial charge on any atom is -0.460 e. The molecule has 2 aromatic heterocycles. The molecule has 7 heteroatoms. The van der Waals surface area contributed by atoms with Gasteiger partial charge in [0.15, 0.2) is 0 Å². The van der Waals surface area contributed by atoms with Crippen molar-refractivity contribution in [2.75, 3.05) is 5.75 Å². The summed E-state index contributed by atoms with van der Waals surface area (Å²) in [4.78, 5) is 24.5. The number of rotatable bonds is 5. The monoisotopic (exact) mass is 345 g/mol. The van der Waals surface area contributed by atoms with Gasteiger partial charge in [-0.3, -0.25) is 9.78 Å². The van der Waals surface area contributed by atoms with Crippen LogP contribution in [-0.2, 0) is 16.1 Å². The lowest BCUT2D eigenvalue weighted by Crippen LogP contribution is -2.07. The highest BCUT2D eigenvalue weighted by Crippen LogP contribution is 2.18. The Bertz CT molecular complexity index is 827. The molecule has 3 rings (SSSR count). The molecule has 0 spiro atoms. The van der Waals surface area contributed by atoms with Crippen molar-refractivity contribution in [3.63, 3.8) is 0 Å². The maximum Gasteiger partial charge on any atom is 0.316 e. The Morgan fingerprint density at radius 1 is 1.09 bits per heavy atom. The van der Waals surface area contributed by atoms with Crippen LogP contribution in [0, 0.1) is 0 Å². The molecule has 0 atom stereocenters. The predicted molar refractivity (Wildman–Crippen MR) is 89.3 cm³/mol. The summed E-state index contributed by atoms with van der Waals surface area (Å²) in [7, 11) is 0. The molecule has 0 unspecified atom stereocenters. The third-order valence-corrected chi connectivity index (χ3v) is 4.05. The topological polar surface area (TPSA) is 65.0 Å². The van der Waals surface area contributed by atoms with Gasteiger partial charge in [-0.05, 0) is 18.2 Å². The van der Waals surface area contributed by atoms with Crippen molar-refractivity contribution < 1.29 is 9.53 Å². The minimum atomic E-state index is -0.320. The summed E-state index contributed by atoms with van der Waals surface area (Å²) >= 11 is 6.99. The zero-order valence-corrected chi connectivity index (χ0v) is 13.5. The fourth-order valence-corrected chi connectivity index (χ4v) is 2.59. The van der Waals surface area contributed by atoms with Crippen molar-refractivity contribution in [1.29, 1.82) is 0 Å². The summed E-state index contributed by atoms with van der Waals surface area (Å²) in [5.41, 5.74) is 2.42. The molecular weight excluding hydrogens is 334 g/mol. The fourth-order valence-electron chi connectivity index (χ4n) is 1.84. The second-order valence-electron chi connectivity index (χ2n) is 4.64. The standard InChI is InChI=1S/C16H12ClN3O2S/c17-14-6-5-11(7-19-14)9-22-16(21)10-23-15-8-18-12-3-1-2-4-13(12)20-15/h1-8H,9-10H2. The van der Waals surface area contributed by atoms with Gasteiger partial charge in [-0.1, -0.05) is 41.6 Å². The smallest absolute Gasteiger partial charge is 0.316 e. The van der Waals surface area contributed by atoms with E-state index >= 15 is 0 Å². The van der Waals surface area contributed by atoms with Gasteiger partial charge in [0.25, 0.3) is 0 Å². The summed E-state index contributed by atoms with van der Waals surface area (Å²) in [6.45, 7) is 0.174. The Kier molecular flexibility index (Phi) is 5.05. The number of hydrogen-bond donors (Lipinski definition) is 0. The van der Waals surface area contributed by atoms with E-state index in [0.29, 0.717) is 10.2 Å². The van der Waals surface area contributed by atoms with Crippen molar-refractivity contribution in [3.8, 4) is 0 Å². The molecule has 5 nitrogen and oxygen atoms in total. The quantitative estimate of drug-likeness (QED) is 0.400. The molecule has 0 N–H and O–H groups in total. The van der Waals surface area contributed by atoms with Gasteiger partial charge in [0.1, 0.15) is 16.8 Å². The first kappa shape index (κ1) is 15.7. The molecule has 0 saturated heterocycles. The minimum absolute atomic E-state index is 0.174. The Labute approximate surface area is 142 Å². The first-order chi connectivity index (χ1) is 11.2. The van der Waals surface area contributed by atoms with Crippen molar-refractivity contribution >= 4 is 40.4 Å². The maximum atomic E-state index is 11.8. The molecule has 1 aromatic carbocycles. The number of esters is 1. The molecule has 0 aliphatic heterocycles. The van der Waals surface area contributed by atoms with Gasteiger partial charge in [0.2, 0.25) is 0 Å². The molecule has 2 heterocycles. The highest BCUT2D eigenvalue weighted by atomic mass is 35.5. The van der Waals surface area contributed by atoms with Gasteiger partial charge in [0, 0.05) is 11.8 Å². The van der Waals surface area contributed by atoms with Crippen LogP contribution in [0.3, 0.4) is 0 Å². The number of halogens is 1. The number of hydrogen-bond acceptors (Lipinski definition) is 6. The molecule has 116 valence electrons. The molecule has 0 bridgehead atoms. The third-order valence-electron chi connectivity index (χ3n) is 2.95. The summed E-state index contributed by atoms with van der Waals surface area (Å²) in [5.74, 6) is -0.145. The van der Waals surface area contributed by atoms with Crippen LogP contribution >= 0.6 is 23.4 Å². The highest BCUT2D eigenvalue weighted by molar-refractivity contribution is 7.99. The van der Waals surface area contributed by atoms with Gasteiger partial charge in [-0.25, -0.2) is 9.97 Å². The second-order valence-corrected chi connectivity index (χ2v) is 6.02. The predicted octanol–water partition coefficient (Wildman–Crippen LogP) is 3.51. The molecular formula is C16H12ClN3O2S. The zero-order valence-electron chi connectivity index (χ0n) is 12.0. The van der Waals surface area contributed by atoms with Crippen LogP contribution in [0.25, 0.3) is 11.0 Å². The molecule has 0 aliphatic rings. The van der Waals surface area contributed by atoms with E-state index in [-0.39, 0.29) is 18.3 Å². The van der Waals surface area contributed by atoms with E-state index in [1.807, 2.05) is 24.3 Å². The summed E-state index contributed by atoms with van der Waals surface area (Å²) in [5, 5.41) is 1.10. The first-order valence-electron chi connectivity index (χ1n) is 6.81. The number of ether oxygens (including phenoxy) is 1. The lowest BCUT2D eigenvalue weighted by Gasteiger charge is -2.05. The van der Waals surface area contributed by atoms with Gasteiger partial charge < -0.3 is 4.74 Å². The molecule has 0 radical (unpaired) electrons. The van der Waals surface area contributed by atoms with Gasteiger partial charge in [0.05, 0.1) is 23.0 Å². The van der Waals surface area contributed by atoms with Crippen LogP contribution in [0.4, 0.5) is 0 Å². The van der Waals surface area contributed by atoms with E-state index in [1.54, 1.807) is 24.5 Å². The van der Waals surface area contributed by atoms with Crippen LogP contribution in [0.15, 0.2) is 53.8 Å². The number of thioether (sulfide) groups is 1. The summed E-state index contributed by atoms with van der Waals surface area (Å²) < 4.78 is 5.19. The second kappa shape index (κ2) is 7.39. The molecule has 23 heavy (non-hydrogen) atoms. The van der Waals surface area contributed by atoms with Gasteiger partial charge in [-0.2, -0.15) is 0 Å². The van der Waals surface area contributed by atoms with Crippen molar-refractivity contribution in [2.45, 2.75) is 11.6 Å². The number of benzene rings is 1. The average Bonchev–Trinajstić information content (AvgIpc) is 2.59. The number of pyridine rings is 1. The Morgan fingerprint density at radius 3 is 2.70 bits per heavy atom. The number of para-hydroxylation sites is 2. The fraction of sp³-hybridized carbons (Fsp3) is 0.125. The van der Waals surface area contributed by atoms with E-state index in [2.05, 4.69) is 15.0 Å². The van der Waals surface area contributed by atoms with E-state index in [9.17, 15) is 4.79 Å². The van der Waals surface area contributed by atoms with Crippen LogP contribution in [0.2, 0.25) is 5.15 Å². The Balaban J connectivity index is 1.52. The Hall–Kier alpha value is -2.18. The SMILES string of the molecule is O=C(CSc1cnc2ccccc2n1)OCc1ccc(Cl)nc1. The van der Waals surface area contributed by atoms with E-state index in [4.69, 9.17) is 16.3 Å². The average molecular weight is 346 g/mol. The molecule has 0 aliphatic carbocycles. The maximum absolute atomic E-state index is 11.8. The highest BCUT2D eigenvalue weighted by Gasteiger charge is 2.07. The molecule has 0 fully saturated rings. The lowest BCUT2D eigenvalue weighted by atomic mass is 10.3. The summed E-state index contributed by atoms with van der Waals surface area (Å²) in [6, 6.07) is 11.0. The number of carbonyl (C=O) groups excluding carboxylic acids is 1. The summed E-state index contributed by atoms with van der Waals surface area (Å²) in [6.07, 6.45) is 3.24. The van der Waals surface area contributed by atoms with Crippen molar-refractivity contribution in [3.05, 3.63) is 59.5 Å². The molecule has 0 saturated carbocycles. The van der Waals surface area contributed by atoms with Crippen LogP contribution < -0.4 is 0 Å². The zero-order chi connectivity index (χ0) is 16.1.